The monoisotopic (exact) mass is 298 g/mol. The van der Waals surface area contributed by atoms with Crippen LogP contribution in [0.3, 0.4) is 0 Å². The number of ether oxygens (including phenoxy) is 2. The smallest absolute Gasteiger partial charge is 0.466 e. The van der Waals surface area contributed by atoms with Crippen LogP contribution < -0.4 is 4.74 Å². The quantitative estimate of drug-likeness (QED) is 0.615. The van der Waals surface area contributed by atoms with Crippen molar-refractivity contribution in [1.29, 1.82) is 0 Å². The van der Waals surface area contributed by atoms with Gasteiger partial charge < -0.3 is 9.47 Å². The highest BCUT2D eigenvalue weighted by atomic mass is 19.4. The minimum absolute atomic E-state index is 0.00879. The number of esters is 1. The van der Waals surface area contributed by atoms with Crippen molar-refractivity contribution >= 4 is 5.97 Å². The highest BCUT2D eigenvalue weighted by Crippen LogP contribution is 2.33. The zero-order valence-electron chi connectivity index (χ0n) is 10.3. The Morgan fingerprint density at radius 2 is 1.95 bits per heavy atom. The lowest BCUT2D eigenvalue weighted by Crippen LogP contribution is -2.20. The van der Waals surface area contributed by atoms with Crippen LogP contribution in [0.4, 0.5) is 22.0 Å². The average Bonchev–Trinajstić information content (AvgIpc) is 2.29. The van der Waals surface area contributed by atoms with Crippen LogP contribution in [0, 0.1) is 0 Å². The van der Waals surface area contributed by atoms with Crippen LogP contribution in [-0.4, -0.2) is 18.9 Å². The van der Waals surface area contributed by atoms with Crippen LogP contribution in [0.1, 0.15) is 24.5 Å². The zero-order chi connectivity index (χ0) is 15.3. The average molecular weight is 298 g/mol. The number of halogens is 5. The van der Waals surface area contributed by atoms with Gasteiger partial charge in [-0.1, -0.05) is 12.1 Å². The Bertz CT molecular complexity index is 471. The summed E-state index contributed by atoms with van der Waals surface area (Å²) >= 11 is 0. The second-order valence-electron chi connectivity index (χ2n) is 3.65. The van der Waals surface area contributed by atoms with E-state index in [9.17, 15) is 26.7 Å². The van der Waals surface area contributed by atoms with Gasteiger partial charge in [-0.2, -0.15) is 0 Å². The maximum atomic E-state index is 12.8. The maximum Gasteiger partial charge on any atom is 0.573 e. The minimum atomic E-state index is -5.04. The van der Waals surface area contributed by atoms with Crippen molar-refractivity contribution in [2.75, 3.05) is 6.61 Å². The lowest BCUT2D eigenvalue weighted by molar-refractivity contribution is -0.275. The number of rotatable bonds is 5. The Labute approximate surface area is 111 Å². The standard InChI is InChI=1S/C12H11F5O3/c1-2-19-10(18)6-8-7(11(13)14)4-3-5-9(8)20-12(15,16)17/h3-5,11H,2,6H2,1H3. The molecule has 3 nitrogen and oxygen atoms in total. The number of carbonyl (C=O) groups excluding carboxylic acids is 1. The van der Waals surface area contributed by atoms with Gasteiger partial charge in [0.05, 0.1) is 13.0 Å². The molecular formula is C12H11F5O3. The molecule has 0 aliphatic carbocycles. The van der Waals surface area contributed by atoms with Gasteiger partial charge in [-0.05, 0) is 13.0 Å². The fourth-order valence-electron chi connectivity index (χ4n) is 1.55. The largest absolute Gasteiger partial charge is 0.573 e. The Kier molecular flexibility index (Phi) is 5.29. The third-order valence-electron chi connectivity index (χ3n) is 2.26. The molecule has 0 spiro atoms. The van der Waals surface area contributed by atoms with Crippen molar-refractivity contribution in [2.24, 2.45) is 0 Å². The normalized spacial score (nSPS) is 11.6. The predicted octanol–water partition coefficient (Wildman–Crippen LogP) is 3.63. The summed E-state index contributed by atoms with van der Waals surface area (Å²) in [7, 11) is 0. The third kappa shape index (κ3) is 4.67. The maximum absolute atomic E-state index is 12.8. The Balaban J connectivity index is 3.16. The first kappa shape index (κ1) is 16.2. The summed E-state index contributed by atoms with van der Waals surface area (Å²) in [4.78, 5) is 11.3. The molecule has 0 aromatic heterocycles. The zero-order valence-corrected chi connectivity index (χ0v) is 10.3. The predicted molar refractivity (Wildman–Crippen MR) is 58.4 cm³/mol. The first-order valence-corrected chi connectivity index (χ1v) is 5.56. The lowest BCUT2D eigenvalue weighted by atomic mass is 10.0. The topological polar surface area (TPSA) is 35.5 Å². The van der Waals surface area contributed by atoms with Gasteiger partial charge in [-0.25, -0.2) is 8.78 Å². The van der Waals surface area contributed by atoms with Crippen molar-refractivity contribution in [1.82, 2.24) is 0 Å². The number of hydrogen-bond donors (Lipinski definition) is 0. The Morgan fingerprint density at radius 3 is 2.45 bits per heavy atom. The van der Waals surface area contributed by atoms with Crippen LogP contribution in [-0.2, 0) is 16.0 Å². The van der Waals surface area contributed by atoms with Gasteiger partial charge >= 0.3 is 12.3 Å². The second kappa shape index (κ2) is 6.53. The summed E-state index contributed by atoms with van der Waals surface area (Å²) in [6.07, 6.45) is -8.79. The molecule has 0 bridgehead atoms. The van der Waals surface area contributed by atoms with Crippen molar-refractivity contribution in [2.45, 2.75) is 26.1 Å². The Hall–Kier alpha value is -1.86. The summed E-state index contributed by atoms with van der Waals surface area (Å²) in [6.45, 7) is 1.48. The molecule has 1 rings (SSSR count). The van der Waals surface area contributed by atoms with Gasteiger partial charge in [0.15, 0.2) is 0 Å². The van der Waals surface area contributed by atoms with Crippen LogP contribution in [0.5, 0.6) is 5.75 Å². The van der Waals surface area contributed by atoms with E-state index in [4.69, 9.17) is 0 Å². The van der Waals surface area contributed by atoms with Crippen LogP contribution in [0.25, 0.3) is 0 Å². The van der Waals surface area contributed by atoms with Gasteiger partial charge in [-0.3, -0.25) is 4.79 Å². The summed E-state index contributed by atoms with van der Waals surface area (Å²) in [6, 6.07) is 2.80. The Morgan fingerprint density at radius 1 is 1.30 bits per heavy atom. The van der Waals surface area contributed by atoms with E-state index < -0.39 is 42.1 Å². The molecule has 0 saturated carbocycles. The molecule has 0 radical (unpaired) electrons. The van der Waals surface area contributed by atoms with Crippen LogP contribution in [0.15, 0.2) is 18.2 Å². The lowest BCUT2D eigenvalue weighted by Gasteiger charge is -2.16. The molecule has 0 aliphatic rings. The van der Waals surface area contributed by atoms with Gasteiger partial charge in [0.25, 0.3) is 6.43 Å². The van der Waals surface area contributed by atoms with E-state index in [0.29, 0.717) is 0 Å². The SMILES string of the molecule is CCOC(=O)Cc1c(OC(F)(F)F)cccc1C(F)F. The number of hydrogen-bond acceptors (Lipinski definition) is 3. The van der Waals surface area contributed by atoms with Gasteiger partial charge in [0.1, 0.15) is 5.75 Å². The molecule has 0 saturated heterocycles. The van der Waals surface area contributed by atoms with E-state index in [0.717, 1.165) is 18.2 Å². The van der Waals surface area contributed by atoms with Crippen LogP contribution >= 0.6 is 0 Å². The molecule has 1 aromatic rings. The van der Waals surface area contributed by atoms with E-state index >= 15 is 0 Å². The highest BCUT2D eigenvalue weighted by Gasteiger charge is 2.33. The second-order valence-corrected chi connectivity index (χ2v) is 3.65. The fraction of sp³-hybridized carbons (Fsp3) is 0.417. The molecule has 0 amide bonds. The van der Waals surface area contributed by atoms with Crippen molar-refractivity contribution in [3.63, 3.8) is 0 Å². The molecule has 0 atom stereocenters. The van der Waals surface area contributed by atoms with Crippen molar-refractivity contribution < 1.29 is 36.2 Å². The van der Waals surface area contributed by atoms with Gasteiger partial charge in [0, 0.05) is 11.1 Å². The van der Waals surface area contributed by atoms with E-state index in [1.807, 2.05) is 0 Å². The van der Waals surface area contributed by atoms with E-state index in [1.54, 1.807) is 0 Å². The summed E-state index contributed by atoms with van der Waals surface area (Å²) in [5.74, 6) is -1.74. The number of benzene rings is 1. The molecule has 0 aliphatic heterocycles. The number of alkyl halides is 5. The first-order chi connectivity index (χ1) is 9.24. The molecule has 0 fully saturated rings. The molecule has 0 N–H and O–H groups in total. The van der Waals surface area contributed by atoms with E-state index in [-0.39, 0.29) is 6.61 Å². The van der Waals surface area contributed by atoms with Crippen molar-refractivity contribution in [3.8, 4) is 5.75 Å². The molecule has 112 valence electrons. The molecule has 8 heteroatoms. The van der Waals surface area contributed by atoms with Gasteiger partial charge in [0.2, 0.25) is 0 Å². The summed E-state index contributed by atoms with van der Waals surface area (Å²) in [5, 5.41) is 0. The van der Waals surface area contributed by atoms with E-state index in [2.05, 4.69) is 9.47 Å². The third-order valence-corrected chi connectivity index (χ3v) is 2.26. The minimum Gasteiger partial charge on any atom is -0.466 e. The highest BCUT2D eigenvalue weighted by molar-refractivity contribution is 5.74. The molecule has 20 heavy (non-hydrogen) atoms. The molecule has 1 aromatic carbocycles. The molecular weight excluding hydrogens is 287 g/mol. The molecule has 0 unspecified atom stereocenters. The summed E-state index contributed by atoms with van der Waals surface area (Å²) in [5.41, 5.74) is -1.22. The summed E-state index contributed by atoms with van der Waals surface area (Å²) < 4.78 is 70.4. The van der Waals surface area contributed by atoms with Gasteiger partial charge in [-0.15, -0.1) is 13.2 Å². The van der Waals surface area contributed by atoms with E-state index in [1.165, 1.54) is 6.92 Å². The number of carbonyl (C=O) groups is 1. The first-order valence-electron chi connectivity index (χ1n) is 5.56. The molecule has 0 heterocycles. The fourth-order valence-corrected chi connectivity index (χ4v) is 1.55. The van der Waals surface area contributed by atoms with Crippen LogP contribution in [0.2, 0.25) is 0 Å². The van der Waals surface area contributed by atoms with Crippen molar-refractivity contribution in [3.05, 3.63) is 29.3 Å².